The van der Waals surface area contributed by atoms with E-state index in [-0.39, 0.29) is 28.3 Å². The molecule has 2 aliphatic rings. The zero-order valence-corrected chi connectivity index (χ0v) is 22.8. The summed E-state index contributed by atoms with van der Waals surface area (Å²) >= 11 is 0. The van der Waals surface area contributed by atoms with Gasteiger partial charge >= 0.3 is 7.82 Å². The van der Waals surface area contributed by atoms with Crippen molar-refractivity contribution in [1.82, 2.24) is 39.0 Å². The number of phosphoric ester groups is 1. The Morgan fingerprint density at radius 3 is 2.52 bits per heavy atom. The summed E-state index contributed by atoms with van der Waals surface area (Å²) in [6.45, 7) is -1.49. The van der Waals surface area contributed by atoms with Crippen LogP contribution in [0, 0.1) is 0 Å². The van der Waals surface area contributed by atoms with Gasteiger partial charge in [0.15, 0.2) is 34.8 Å². The largest absolute Gasteiger partial charge is 0.492 e. The van der Waals surface area contributed by atoms with Gasteiger partial charge in [-0.1, -0.05) is 5.11 Å². The number of H-pyrrole nitrogens is 1. The number of nitrogens with zero attached hydrogens (tertiary/aromatic N) is 10. The molecular weight excluding hydrogens is 615 g/mol. The maximum Gasteiger partial charge on any atom is 0.472 e. The topological polar surface area (TPSA) is 337 Å². The van der Waals surface area contributed by atoms with Crippen LogP contribution in [0.4, 0.5) is 5.95 Å². The maximum atomic E-state index is 13.2. The molecule has 24 heteroatoms. The molecular formula is C20H23N12O11P. The molecule has 9 atom stereocenters. The highest BCUT2D eigenvalue weighted by Gasteiger charge is 2.51. The van der Waals surface area contributed by atoms with E-state index in [0.717, 1.165) is 17.2 Å². The molecule has 0 aromatic carbocycles. The van der Waals surface area contributed by atoms with Crippen molar-refractivity contribution in [2.24, 2.45) is 5.11 Å². The van der Waals surface area contributed by atoms with Crippen molar-refractivity contribution in [3.63, 3.8) is 0 Å². The van der Waals surface area contributed by atoms with E-state index in [2.05, 4.69) is 39.9 Å². The first-order valence-corrected chi connectivity index (χ1v) is 14.1. The first kappa shape index (κ1) is 29.8. The fraction of sp³-hybridized carbons (Fsp3) is 0.500. The predicted octanol–water partition coefficient (Wildman–Crippen LogP) is -2.06. The second-order valence-electron chi connectivity index (χ2n) is 9.62. The average Bonchev–Trinajstić information content (AvgIpc) is 3.74. The number of aromatic hydroxyl groups is 1. The highest BCUT2D eigenvalue weighted by Crippen LogP contribution is 2.50. The number of aromatic nitrogens is 8. The van der Waals surface area contributed by atoms with Crippen LogP contribution in [-0.2, 0) is 23.1 Å². The van der Waals surface area contributed by atoms with Gasteiger partial charge in [-0.25, -0.2) is 19.5 Å². The second kappa shape index (κ2) is 11.3. The molecule has 2 aliphatic heterocycles. The van der Waals surface area contributed by atoms with Gasteiger partial charge < -0.3 is 40.5 Å². The molecule has 8 N–H and O–H groups in total. The first-order chi connectivity index (χ1) is 21.0. The second-order valence-corrected chi connectivity index (χ2v) is 11.0. The summed E-state index contributed by atoms with van der Waals surface area (Å²) in [5.41, 5.74) is 13.9. The van der Waals surface area contributed by atoms with Gasteiger partial charge in [0.1, 0.15) is 30.7 Å². The van der Waals surface area contributed by atoms with Crippen molar-refractivity contribution in [3.05, 3.63) is 39.8 Å². The molecule has 4 aromatic rings. The van der Waals surface area contributed by atoms with Crippen molar-refractivity contribution in [2.45, 2.75) is 49.0 Å². The van der Waals surface area contributed by atoms with E-state index in [1.807, 2.05) is 0 Å². The molecule has 2 saturated heterocycles. The molecule has 0 spiro atoms. The first-order valence-electron chi connectivity index (χ1n) is 12.6. The monoisotopic (exact) mass is 638 g/mol. The van der Waals surface area contributed by atoms with E-state index in [9.17, 15) is 34.7 Å². The van der Waals surface area contributed by atoms with Crippen LogP contribution in [0.5, 0.6) is 5.88 Å². The van der Waals surface area contributed by atoms with Crippen molar-refractivity contribution < 1.29 is 48.4 Å². The summed E-state index contributed by atoms with van der Waals surface area (Å²) in [6, 6.07) is -1.39. The summed E-state index contributed by atoms with van der Waals surface area (Å²) in [4.78, 5) is 47.4. The molecule has 0 bridgehead atoms. The van der Waals surface area contributed by atoms with Crippen LogP contribution in [0.15, 0.2) is 28.9 Å². The molecule has 44 heavy (non-hydrogen) atoms. The number of hydrogen-bond acceptors (Lipinski definition) is 17. The third-order valence-electron chi connectivity index (χ3n) is 7.01. The summed E-state index contributed by atoms with van der Waals surface area (Å²) < 4.78 is 37.4. The summed E-state index contributed by atoms with van der Waals surface area (Å²) in [5, 5.41) is 44.5. The van der Waals surface area contributed by atoms with Gasteiger partial charge in [0.05, 0.1) is 38.0 Å². The highest BCUT2D eigenvalue weighted by molar-refractivity contribution is 7.47. The fourth-order valence-electron chi connectivity index (χ4n) is 5.01. The van der Waals surface area contributed by atoms with E-state index in [1.165, 1.54) is 10.9 Å². The highest BCUT2D eigenvalue weighted by atomic mass is 31.2. The predicted molar refractivity (Wildman–Crippen MR) is 140 cm³/mol. The van der Waals surface area contributed by atoms with E-state index >= 15 is 0 Å². The summed E-state index contributed by atoms with van der Waals surface area (Å²) in [6.07, 6.45) is -6.81. The lowest BCUT2D eigenvalue weighted by molar-refractivity contribution is -0.0615. The number of azide groups is 1. The van der Waals surface area contributed by atoms with Gasteiger partial charge in [-0.2, -0.15) is 9.97 Å². The number of aliphatic hydroxyl groups is 3. The van der Waals surface area contributed by atoms with Crippen LogP contribution < -0.4 is 11.3 Å². The zero-order valence-electron chi connectivity index (χ0n) is 21.9. The third kappa shape index (κ3) is 5.11. The van der Waals surface area contributed by atoms with Gasteiger partial charge in [0.2, 0.25) is 11.8 Å². The normalized spacial score (nSPS) is 30.1. The van der Waals surface area contributed by atoms with Crippen molar-refractivity contribution in [2.75, 3.05) is 18.9 Å². The summed E-state index contributed by atoms with van der Waals surface area (Å²) in [5.74, 6) is -0.698. The van der Waals surface area contributed by atoms with Crippen molar-refractivity contribution >= 4 is 36.1 Å². The van der Waals surface area contributed by atoms with Gasteiger partial charge in [0, 0.05) is 4.91 Å². The Labute approximate surface area is 242 Å². The van der Waals surface area contributed by atoms with E-state index in [4.69, 9.17) is 29.8 Å². The van der Waals surface area contributed by atoms with Gasteiger partial charge in [-0.05, 0) is 5.53 Å². The van der Waals surface area contributed by atoms with Crippen molar-refractivity contribution in [1.29, 1.82) is 0 Å². The van der Waals surface area contributed by atoms with Crippen LogP contribution in [0.2, 0.25) is 0 Å². The number of rotatable bonds is 9. The minimum absolute atomic E-state index is 0.00279. The van der Waals surface area contributed by atoms with Gasteiger partial charge in [-0.3, -0.25) is 28.0 Å². The van der Waals surface area contributed by atoms with E-state index in [0.29, 0.717) is 0 Å². The fourth-order valence-corrected chi connectivity index (χ4v) is 5.94. The van der Waals surface area contributed by atoms with Crippen LogP contribution in [0.25, 0.3) is 32.8 Å². The Morgan fingerprint density at radius 2 is 1.80 bits per heavy atom. The Morgan fingerprint density at radius 1 is 1.09 bits per heavy atom. The molecule has 234 valence electrons. The number of nitrogens with two attached hydrogens (primary N) is 1. The number of hydrogen-bond donors (Lipinski definition) is 7. The van der Waals surface area contributed by atoms with Gasteiger partial charge in [0.25, 0.3) is 5.56 Å². The average molecular weight is 638 g/mol. The molecule has 2 fully saturated rings. The lowest BCUT2D eigenvalue weighted by Gasteiger charge is -2.25. The molecule has 1 unspecified atom stereocenters. The van der Waals surface area contributed by atoms with Gasteiger partial charge in [-0.15, -0.1) is 0 Å². The van der Waals surface area contributed by atoms with E-state index in [1.54, 1.807) is 0 Å². The number of phosphoric acid groups is 1. The smallest absolute Gasteiger partial charge is 0.472 e. The minimum atomic E-state index is -5.12. The quantitative estimate of drug-likeness (QED) is 0.0448. The number of nitrogen functional groups attached to an aromatic ring is 1. The molecule has 0 amide bonds. The Kier molecular flexibility index (Phi) is 7.67. The Bertz CT molecular complexity index is 1860. The lowest BCUT2D eigenvalue weighted by atomic mass is 10.1. The minimum Gasteiger partial charge on any atom is -0.492 e. The number of anilines is 1. The lowest BCUT2D eigenvalue weighted by Crippen LogP contribution is -2.35. The number of aliphatic hydroxyl groups excluding tert-OH is 3. The van der Waals surface area contributed by atoms with Crippen LogP contribution >= 0.6 is 7.82 Å². The molecule has 6 heterocycles. The van der Waals surface area contributed by atoms with Crippen LogP contribution in [0.3, 0.4) is 0 Å². The number of imidazole rings is 2. The third-order valence-corrected chi connectivity index (χ3v) is 8.00. The number of fused-ring (bicyclic) bond motifs is 2. The molecule has 0 aliphatic carbocycles. The number of ether oxygens (including phenoxy) is 2. The molecule has 0 radical (unpaired) electrons. The molecule has 6 rings (SSSR count). The standard InChI is InChI=1S/C20H23N12O11P/c21-20-27-15-10(17(37)28-20)26-5-32(15)19-13(8(29-30-22)6(1-33)41-19)43-44(38,39)40-2-7-11(34)12(35)18(42-7)31-4-25-9-14(31)23-3-24-16(9)36/h3-8,11-13,18-19,33-35H,1-2H2,(H,38,39)(H,23,24,36)(H3,21,27,28,37)/t6-,7-,8-,11-,12-,13-,18-,19-/m1/s1. The Balaban J connectivity index is 1.22. The SMILES string of the molecule is [N-]=[N+]=N[C@H]1[C@@H](OP(=O)(O)OC[C@H]2O[C@@H](n3cnc4c(O)ncnc43)[C@H](O)[C@@H]2O)[C@H](n2cnc3c(=O)[nH]c(N)nc32)O[C@@H]1CO. The molecule has 23 nitrogen and oxygen atoms in total. The number of aromatic amines is 1. The van der Waals surface area contributed by atoms with E-state index < -0.39 is 81.5 Å². The van der Waals surface area contributed by atoms with Crippen LogP contribution in [0.1, 0.15) is 12.5 Å². The zero-order chi connectivity index (χ0) is 31.3. The van der Waals surface area contributed by atoms with Crippen molar-refractivity contribution in [3.8, 4) is 5.88 Å². The number of nitrogens with one attached hydrogen (secondary N) is 1. The van der Waals surface area contributed by atoms with Crippen LogP contribution in [-0.4, -0.2) is 114 Å². The Hall–Kier alpha value is -4.28. The molecule has 0 saturated carbocycles. The molecule has 4 aromatic heterocycles. The maximum absolute atomic E-state index is 13.2. The summed E-state index contributed by atoms with van der Waals surface area (Å²) in [7, 11) is -5.12.